The maximum absolute atomic E-state index is 13.9. The van der Waals surface area contributed by atoms with E-state index in [1.54, 1.807) is 20.9 Å². The van der Waals surface area contributed by atoms with Gasteiger partial charge in [0.25, 0.3) is 0 Å². The molecule has 12 heteroatoms. The van der Waals surface area contributed by atoms with Gasteiger partial charge in [0, 0.05) is 20.1 Å². The van der Waals surface area contributed by atoms with Gasteiger partial charge in [-0.2, -0.15) is 0 Å². The van der Waals surface area contributed by atoms with Gasteiger partial charge in [-0.05, 0) is 68.9 Å². The summed E-state index contributed by atoms with van der Waals surface area (Å²) in [5.74, 6) is -2.19. The largest absolute Gasteiger partial charge is 0.466 e. The molecule has 2 atom stereocenters. The Labute approximate surface area is 256 Å². The molecule has 1 aromatic rings. The maximum atomic E-state index is 13.9. The van der Waals surface area contributed by atoms with Crippen LogP contribution in [0.5, 0.6) is 0 Å². The van der Waals surface area contributed by atoms with Gasteiger partial charge < -0.3 is 18.9 Å². The van der Waals surface area contributed by atoms with E-state index in [-0.39, 0.29) is 37.3 Å². The average molecular weight is 627 g/mol. The number of hydrazine groups is 1. The third-order valence-corrected chi connectivity index (χ3v) is 9.34. The van der Waals surface area contributed by atoms with Crippen LogP contribution in [0.3, 0.4) is 0 Å². The highest BCUT2D eigenvalue weighted by Gasteiger charge is 2.42. The zero-order chi connectivity index (χ0) is 31.9. The van der Waals surface area contributed by atoms with Gasteiger partial charge in [-0.1, -0.05) is 44.5 Å². The summed E-state index contributed by atoms with van der Waals surface area (Å²) in [5, 5.41) is 0. The standard InChI is InChI=1S/C31H50N2O9S/c1-6-39-26(34)16-15-24-12-10-13-25(20-24)31(29(36)33-32-5,22-42-28-14-8-9-19-41-28)18-11-17-30(3,4)23-43(37,38)21-27(35)40-7-2/h10,12-13,20,28,32H,6-9,11,14-19,21-23H2,1-5H3,(H,33,36). The van der Waals surface area contributed by atoms with E-state index in [9.17, 15) is 22.8 Å². The Morgan fingerprint density at radius 1 is 1.05 bits per heavy atom. The van der Waals surface area contributed by atoms with Gasteiger partial charge in [-0.25, -0.2) is 13.8 Å². The quantitative estimate of drug-likeness (QED) is 0.173. The zero-order valence-electron chi connectivity index (χ0n) is 26.4. The van der Waals surface area contributed by atoms with E-state index in [2.05, 4.69) is 10.9 Å². The zero-order valence-corrected chi connectivity index (χ0v) is 27.2. The molecular formula is C31H50N2O9S. The summed E-state index contributed by atoms with van der Waals surface area (Å²) in [7, 11) is -2.08. The van der Waals surface area contributed by atoms with Crippen molar-refractivity contribution >= 4 is 27.7 Å². The molecule has 1 saturated heterocycles. The smallest absolute Gasteiger partial charge is 0.321 e. The summed E-state index contributed by atoms with van der Waals surface area (Å²) in [6.07, 6.45) is 4.24. The fraction of sp³-hybridized carbons (Fsp3) is 0.710. The number of carbonyl (C=O) groups is 3. The van der Waals surface area contributed by atoms with Crippen LogP contribution in [-0.4, -0.2) is 77.5 Å². The van der Waals surface area contributed by atoms with Crippen molar-refractivity contribution in [2.45, 2.75) is 90.8 Å². The van der Waals surface area contributed by atoms with E-state index in [4.69, 9.17) is 18.9 Å². The van der Waals surface area contributed by atoms with Crippen LogP contribution in [0.15, 0.2) is 24.3 Å². The first kappa shape index (κ1) is 36.7. The van der Waals surface area contributed by atoms with E-state index < -0.39 is 38.7 Å². The van der Waals surface area contributed by atoms with E-state index in [0.29, 0.717) is 38.9 Å². The molecule has 0 aliphatic carbocycles. The van der Waals surface area contributed by atoms with Crippen molar-refractivity contribution in [3.63, 3.8) is 0 Å². The summed E-state index contributed by atoms with van der Waals surface area (Å²) in [4.78, 5) is 37.7. The Morgan fingerprint density at radius 3 is 2.42 bits per heavy atom. The van der Waals surface area contributed by atoms with Gasteiger partial charge in [-0.15, -0.1) is 0 Å². The number of amides is 1. The molecule has 1 aliphatic rings. The highest BCUT2D eigenvalue weighted by Crippen LogP contribution is 2.36. The monoisotopic (exact) mass is 626 g/mol. The van der Waals surface area contributed by atoms with Crippen LogP contribution in [0.4, 0.5) is 0 Å². The highest BCUT2D eigenvalue weighted by atomic mass is 32.2. The maximum Gasteiger partial charge on any atom is 0.321 e. The van der Waals surface area contributed by atoms with Gasteiger partial charge in [0.1, 0.15) is 5.75 Å². The van der Waals surface area contributed by atoms with Gasteiger partial charge in [-0.3, -0.25) is 19.8 Å². The lowest BCUT2D eigenvalue weighted by molar-refractivity contribution is -0.175. The lowest BCUT2D eigenvalue weighted by atomic mass is 9.74. The van der Waals surface area contributed by atoms with Crippen LogP contribution < -0.4 is 10.9 Å². The minimum Gasteiger partial charge on any atom is -0.466 e. The van der Waals surface area contributed by atoms with E-state index >= 15 is 0 Å². The van der Waals surface area contributed by atoms with Crippen LogP contribution >= 0.6 is 0 Å². The molecule has 1 aromatic carbocycles. The predicted octanol–water partition coefficient (Wildman–Crippen LogP) is 3.39. The Morgan fingerprint density at radius 2 is 1.77 bits per heavy atom. The normalized spacial score (nSPS) is 17.1. The Hall–Kier alpha value is -2.54. The van der Waals surface area contributed by atoms with Crippen molar-refractivity contribution in [2.75, 3.05) is 45.0 Å². The minimum absolute atomic E-state index is 0.0497. The number of hydrogen-bond acceptors (Lipinski definition) is 10. The lowest BCUT2D eigenvalue weighted by Crippen LogP contribution is -2.52. The van der Waals surface area contributed by atoms with Crippen LogP contribution in [0.2, 0.25) is 0 Å². The van der Waals surface area contributed by atoms with E-state index in [0.717, 1.165) is 30.4 Å². The molecule has 1 heterocycles. The van der Waals surface area contributed by atoms with Gasteiger partial charge in [0.15, 0.2) is 16.1 Å². The third kappa shape index (κ3) is 12.5. The van der Waals surface area contributed by atoms with Crippen molar-refractivity contribution < 1.29 is 41.7 Å². The average Bonchev–Trinajstić information content (AvgIpc) is 2.94. The van der Waals surface area contributed by atoms with Crippen molar-refractivity contribution in [3.05, 3.63) is 35.4 Å². The van der Waals surface area contributed by atoms with E-state index in [1.165, 1.54) is 0 Å². The number of sulfone groups is 1. The predicted molar refractivity (Wildman–Crippen MR) is 163 cm³/mol. The molecule has 11 nitrogen and oxygen atoms in total. The molecule has 0 saturated carbocycles. The van der Waals surface area contributed by atoms with E-state index in [1.807, 2.05) is 38.1 Å². The van der Waals surface area contributed by atoms with Crippen LogP contribution in [0.1, 0.15) is 83.8 Å². The van der Waals surface area contributed by atoms with Crippen LogP contribution in [0, 0.1) is 5.41 Å². The first-order valence-corrected chi connectivity index (χ1v) is 17.0. The second kappa shape index (κ2) is 17.7. The molecule has 1 amide bonds. The fourth-order valence-corrected chi connectivity index (χ4v) is 7.27. The van der Waals surface area contributed by atoms with Crippen LogP contribution in [0.25, 0.3) is 0 Å². The number of hydrogen-bond donors (Lipinski definition) is 2. The molecule has 2 N–H and O–H groups in total. The first-order valence-electron chi connectivity index (χ1n) is 15.2. The molecule has 0 radical (unpaired) electrons. The number of aryl methyl sites for hydroxylation is 1. The Bertz CT molecular complexity index is 1150. The number of benzene rings is 1. The summed E-state index contributed by atoms with van der Waals surface area (Å²) >= 11 is 0. The SMILES string of the molecule is CCOC(=O)CCc1cccc(C(CCCC(C)(C)CS(=O)(=O)CC(=O)OCC)(COC2CCCCO2)C(=O)NNC)c1. The second-order valence-electron chi connectivity index (χ2n) is 11.8. The summed E-state index contributed by atoms with van der Waals surface area (Å²) < 4.78 is 47.4. The van der Waals surface area contributed by atoms with Crippen molar-refractivity contribution in [1.29, 1.82) is 0 Å². The summed E-state index contributed by atoms with van der Waals surface area (Å²) in [5.41, 5.74) is 5.30. The molecule has 0 spiro atoms. The minimum atomic E-state index is -3.69. The Balaban J connectivity index is 2.33. The summed E-state index contributed by atoms with van der Waals surface area (Å²) in [6.45, 7) is 8.15. The number of nitrogens with one attached hydrogen (secondary N) is 2. The van der Waals surface area contributed by atoms with Crippen LogP contribution in [-0.2, 0) is 55.0 Å². The molecule has 244 valence electrons. The first-order chi connectivity index (χ1) is 20.4. The highest BCUT2D eigenvalue weighted by molar-refractivity contribution is 7.92. The molecule has 2 rings (SSSR count). The molecule has 0 aromatic heterocycles. The molecule has 1 aliphatic heterocycles. The second-order valence-corrected chi connectivity index (χ2v) is 13.8. The van der Waals surface area contributed by atoms with Gasteiger partial charge >= 0.3 is 11.9 Å². The summed E-state index contributed by atoms with van der Waals surface area (Å²) in [6, 6.07) is 7.57. The van der Waals surface area contributed by atoms with Crippen molar-refractivity contribution in [3.8, 4) is 0 Å². The lowest BCUT2D eigenvalue weighted by Gasteiger charge is -2.36. The van der Waals surface area contributed by atoms with Crippen molar-refractivity contribution in [1.82, 2.24) is 10.9 Å². The third-order valence-electron chi connectivity index (χ3n) is 7.44. The molecule has 0 bridgehead atoms. The topological polar surface area (TPSA) is 146 Å². The number of esters is 2. The van der Waals surface area contributed by atoms with Gasteiger partial charge in [0.2, 0.25) is 5.91 Å². The molecule has 2 unspecified atom stereocenters. The van der Waals surface area contributed by atoms with Crippen molar-refractivity contribution in [2.24, 2.45) is 5.41 Å². The Kier molecular flexibility index (Phi) is 15.1. The molecule has 43 heavy (non-hydrogen) atoms. The fourth-order valence-electron chi connectivity index (χ4n) is 5.39. The molecule has 1 fully saturated rings. The number of carbonyl (C=O) groups excluding carboxylic acids is 3. The number of rotatable bonds is 19. The number of ether oxygens (including phenoxy) is 4. The van der Waals surface area contributed by atoms with Gasteiger partial charge in [0.05, 0.1) is 31.0 Å². The molecular weight excluding hydrogens is 576 g/mol.